The Hall–Kier alpha value is -1.36. The first-order chi connectivity index (χ1) is 9.04. The third-order valence-electron chi connectivity index (χ3n) is 2.55. The Morgan fingerprint density at radius 3 is 2.21 bits per heavy atom. The van der Waals surface area contributed by atoms with E-state index in [4.69, 9.17) is 14.2 Å². The van der Waals surface area contributed by atoms with Gasteiger partial charge >= 0.3 is 0 Å². The molecule has 0 fully saturated rings. The van der Waals surface area contributed by atoms with E-state index < -0.39 is 0 Å². The average molecular weight is 284 g/mol. The fourth-order valence-corrected chi connectivity index (χ4v) is 2.28. The number of methoxy groups -OCH3 is 3. The molecule has 0 aliphatic carbocycles. The minimum absolute atomic E-state index is 0.0245. The van der Waals surface area contributed by atoms with E-state index in [-0.39, 0.29) is 5.78 Å². The third kappa shape index (κ3) is 3.80. The summed E-state index contributed by atoms with van der Waals surface area (Å²) in [5.41, 5.74) is 0.522. The molecule has 0 aliphatic heterocycles. The SMILES string of the molecule is COc1ccc(C(=O)CSC(C)C)c(OC)c1OC. The molecule has 1 aromatic rings. The van der Waals surface area contributed by atoms with Gasteiger partial charge in [0.1, 0.15) is 0 Å². The van der Waals surface area contributed by atoms with Crippen molar-refractivity contribution >= 4 is 17.5 Å². The van der Waals surface area contributed by atoms with Crippen molar-refractivity contribution in [2.24, 2.45) is 0 Å². The van der Waals surface area contributed by atoms with Gasteiger partial charge < -0.3 is 14.2 Å². The van der Waals surface area contributed by atoms with E-state index in [0.29, 0.717) is 33.8 Å². The zero-order valence-electron chi connectivity index (χ0n) is 12.0. The number of hydrogen-bond acceptors (Lipinski definition) is 5. The molecular formula is C14H20O4S. The molecule has 0 radical (unpaired) electrons. The van der Waals surface area contributed by atoms with Crippen molar-refractivity contribution in [2.45, 2.75) is 19.1 Å². The summed E-state index contributed by atoms with van der Waals surface area (Å²) in [7, 11) is 4.59. The minimum atomic E-state index is 0.0245. The largest absolute Gasteiger partial charge is 0.493 e. The number of thioether (sulfide) groups is 1. The van der Waals surface area contributed by atoms with Crippen LogP contribution in [-0.4, -0.2) is 38.1 Å². The van der Waals surface area contributed by atoms with Crippen LogP contribution in [0.15, 0.2) is 12.1 Å². The van der Waals surface area contributed by atoms with E-state index in [1.165, 1.54) is 14.2 Å². The van der Waals surface area contributed by atoms with Crippen molar-refractivity contribution < 1.29 is 19.0 Å². The number of ketones is 1. The predicted molar refractivity (Wildman–Crippen MR) is 78.0 cm³/mol. The van der Waals surface area contributed by atoms with E-state index in [0.717, 1.165) is 0 Å². The third-order valence-corrected chi connectivity index (χ3v) is 3.65. The predicted octanol–water partition coefficient (Wildman–Crippen LogP) is 3.04. The second-order valence-electron chi connectivity index (χ2n) is 4.16. The van der Waals surface area contributed by atoms with Gasteiger partial charge in [0.25, 0.3) is 0 Å². The van der Waals surface area contributed by atoms with Gasteiger partial charge in [0, 0.05) is 0 Å². The molecule has 106 valence electrons. The van der Waals surface area contributed by atoms with E-state index in [9.17, 15) is 4.79 Å². The van der Waals surface area contributed by atoms with E-state index in [1.54, 1.807) is 31.0 Å². The smallest absolute Gasteiger partial charge is 0.204 e. The molecule has 0 spiro atoms. The molecule has 0 unspecified atom stereocenters. The molecule has 0 bridgehead atoms. The Morgan fingerprint density at radius 1 is 1.11 bits per heavy atom. The molecule has 19 heavy (non-hydrogen) atoms. The fraction of sp³-hybridized carbons (Fsp3) is 0.500. The molecule has 5 heteroatoms. The molecule has 0 saturated heterocycles. The number of hydrogen-bond donors (Lipinski definition) is 0. The van der Waals surface area contributed by atoms with Gasteiger partial charge in [-0.15, -0.1) is 0 Å². The summed E-state index contributed by atoms with van der Waals surface area (Å²) in [4.78, 5) is 12.2. The maximum Gasteiger partial charge on any atom is 0.204 e. The summed E-state index contributed by atoms with van der Waals surface area (Å²) >= 11 is 1.60. The second-order valence-corrected chi connectivity index (χ2v) is 5.73. The number of ether oxygens (including phenoxy) is 3. The standard InChI is InChI=1S/C14H20O4S/c1-9(2)19-8-11(15)10-6-7-12(16-3)14(18-5)13(10)17-4/h6-7,9H,8H2,1-5H3. The van der Waals surface area contributed by atoms with Crippen LogP contribution in [0.3, 0.4) is 0 Å². The Morgan fingerprint density at radius 2 is 1.74 bits per heavy atom. The molecule has 0 aliphatic rings. The molecular weight excluding hydrogens is 264 g/mol. The van der Waals surface area contributed by atoms with Gasteiger partial charge in [0.15, 0.2) is 17.3 Å². The lowest BCUT2D eigenvalue weighted by Gasteiger charge is -2.15. The van der Waals surface area contributed by atoms with E-state index in [2.05, 4.69) is 13.8 Å². The van der Waals surface area contributed by atoms with Crippen molar-refractivity contribution in [1.82, 2.24) is 0 Å². The van der Waals surface area contributed by atoms with Gasteiger partial charge in [-0.1, -0.05) is 13.8 Å². The number of carbonyl (C=O) groups is 1. The van der Waals surface area contributed by atoms with Gasteiger partial charge in [-0.25, -0.2) is 0 Å². The van der Waals surface area contributed by atoms with Crippen molar-refractivity contribution in [3.8, 4) is 17.2 Å². The van der Waals surface area contributed by atoms with Crippen LogP contribution in [0.25, 0.3) is 0 Å². The zero-order valence-corrected chi connectivity index (χ0v) is 12.8. The van der Waals surface area contributed by atoms with Crippen LogP contribution in [-0.2, 0) is 0 Å². The average Bonchev–Trinajstić information content (AvgIpc) is 2.42. The highest BCUT2D eigenvalue weighted by Crippen LogP contribution is 2.40. The fourth-order valence-electron chi connectivity index (χ4n) is 1.64. The van der Waals surface area contributed by atoms with Crippen LogP contribution in [0.4, 0.5) is 0 Å². The monoisotopic (exact) mass is 284 g/mol. The van der Waals surface area contributed by atoms with Crippen LogP contribution in [0.1, 0.15) is 24.2 Å². The van der Waals surface area contributed by atoms with Crippen molar-refractivity contribution in [1.29, 1.82) is 0 Å². The summed E-state index contributed by atoms with van der Waals surface area (Å²) in [5.74, 6) is 1.87. The molecule has 1 rings (SSSR count). The number of benzene rings is 1. The van der Waals surface area contributed by atoms with Crippen LogP contribution < -0.4 is 14.2 Å². The summed E-state index contributed by atoms with van der Waals surface area (Å²) in [6, 6.07) is 3.43. The lowest BCUT2D eigenvalue weighted by Crippen LogP contribution is -2.08. The molecule has 4 nitrogen and oxygen atoms in total. The Bertz CT molecular complexity index is 443. The zero-order chi connectivity index (χ0) is 14.4. The van der Waals surface area contributed by atoms with Crippen LogP contribution >= 0.6 is 11.8 Å². The Kier molecular flexibility index (Phi) is 6.02. The summed E-state index contributed by atoms with van der Waals surface area (Å²) in [5, 5.41) is 0.412. The highest BCUT2D eigenvalue weighted by molar-refractivity contribution is 8.00. The normalized spacial score (nSPS) is 10.4. The van der Waals surface area contributed by atoms with Crippen molar-refractivity contribution in [3.63, 3.8) is 0 Å². The van der Waals surface area contributed by atoms with Gasteiger partial charge in [0.2, 0.25) is 5.75 Å². The second kappa shape index (κ2) is 7.28. The van der Waals surface area contributed by atoms with Gasteiger partial charge in [-0.05, 0) is 17.4 Å². The Balaban J connectivity index is 3.10. The summed E-state index contributed by atoms with van der Waals surface area (Å²) < 4.78 is 15.8. The van der Waals surface area contributed by atoms with Gasteiger partial charge in [-0.3, -0.25) is 4.79 Å². The Labute approximate surface area is 118 Å². The van der Waals surface area contributed by atoms with Gasteiger partial charge in [-0.2, -0.15) is 11.8 Å². The molecule has 0 aromatic heterocycles. The van der Waals surface area contributed by atoms with E-state index >= 15 is 0 Å². The van der Waals surface area contributed by atoms with Crippen molar-refractivity contribution in [2.75, 3.05) is 27.1 Å². The molecule has 0 heterocycles. The highest BCUT2D eigenvalue weighted by Gasteiger charge is 2.20. The molecule has 0 saturated carbocycles. The molecule has 1 aromatic carbocycles. The van der Waals surface area contributed by atoms with E-state index in [1.807, 2.05) is 0 Å². The van der Waals surface area contributed by atoms with Gasteiger partial charge in [0.05, 0.1) is 32.6 Å². The lowest BCUT2D eigenvalue weighted by atomic mass is 10.1. The summed E-state index contributed by atoms with van der Waals surface area (Å²) in [6.07, 6.45) is 0. The van der Waals surface area contributed by atoms with Crippen LogP contribution in [0, 0.1) is 0 Å². The molecule has 0 amide bonds. The van der Waals surface area contributed by atoms with Crippen LogP contribution in [0.2, 0.25) is 0 Å². The lowest BCUT2D eigenvalue weighted by molar-refractivity contribution is 0.101. The maximum absolute atomic E-state index is 12.2. The number of carbonyl (C=O) groups excluding carboxylic acids is 1. The molecule has 0 atom stereocenters. The van der Waals surface area contributed by atoms with Crippen molar-refractivity contribution in [3.05, 3.63) is 17.7 Å². The molecule has 0 N–H and O–H groups in total. The van der Waals surface area contributed by atoms with Crippen LogP contribution in [0.5, 0.6) is 17.2 Å². The maximum atomic E-state index is 12.2. The number of rotatable bonds is 7. The number of Topliss-reactive ketones (excluding diaryl/α,β-unsaturated/α-hetero) is 1. The first kappa shape index (κ1) is 15.7. The topological polar surface area (TPSA) is 44.8 Å². The highest BCUT2D eigenvalue weighted by atomic mass is 32.2. The first-order valence-corrected chi connectivity index (χ1v) is 7.03. The quantitative estimate of drug-likeness (QED) is 0.720. The first-order valence-electron chi connectivity index (χ1n) is 5.98. The minimum Gasteiger partial charge on any atom is -0.493 e. The summed E-state index contributed by atoms with van der Waals surface area (Å²) in [6.45, 7) is 4.12.